The number of rotatable bonds is 3. The van der Waals surface area contributed by atoms with Crippen molar-refractivity contribution in [3.8, 4) is 11.5 Å². The van der Waals surface area contributed by atoms with Crippen LogP contribution in [0.2, 0.25) is 0 Å². The molecule has 0 bridgehead atoms. The number of ether oxygens (including phenoxy) is 1. The molecule has 0 saturated heterocycles. The van der Waals surface area contributed by atoms with Gasteiger partial charge in [0.05, 0.1) is 6.61 Å². The Balaban J connectivity index is 0. The summed E-state index contributed by atoms with van der Waals surface area (Å²) in [5, 5.41) is 16.2. The molecule has 4 N–H and O–H groups in total. The van der Waals surface area contributed by atoms with Gasteiger partial charge in [-0.25, -0.2) is 0 Å². The Bertz CT molecular complexity index is 601. The molecule has 6 heteroatoms. The molecule has 0 aliphatic rings. The van der Waals surface area contributed by atoms with E-state index in [1.54, 1.807) is 12.1 Å². The molecule has 0 aliphatic carbocycles. The maximum atomic E-state index is 9.26. The van der Waals surface area contributed by atoms with Crippen LogP contribution in [0, 0.1) is 19.3 Å². The molecule has 6 nitrogen and oxygen atoms in total. The van der Waals surface area contributed by atoms with Crippen molar-refractivity contribution in [2.24, 2.45) is 5.73 Å². The van der Waals surface area contributed by atoms with E-state index in [0.29, 0.717) is 12.4 Å². The lowest BCUT2D eigenvalue weighted by atomic mass is 10.2. The molecule has 1 aromatic heterocycles. The number of hydrogen-bond donors (Lipinski definition) is 3. The van der Waals surface area contributed by atoms with E-state index in [4.69, 9.17) is 14.6 Å². The third-order valence-corrected chi connectivity index (χ3v) is 2.33. The van der Waals surface area contributed by atoms with Crippen LogP contribution < -0.4 is 10.5 Å². The molecule has 1 heterocycles. The maximum Gasteiger partial charge on any atom is 0.214 e. The molecular formula is C19H30N2O4. The lowest BCUT2D eigenvalue weighted by Crippen LogP contribution is -2.01. The predicted octanol–water partition coefficient (Wildman–Crippen LogP) is 4.20. The Morgan fingerprint density at radius 2 is 1.72 bits per heavy atom. The smallest absolute Gasteiger partial charge is 0.214 e. The van der Waals surface area contributed by atoms with Crippen LogP contribution in [-0.2, 0) is 4.79 Å². The van der Waals surface area contributed by atoms with Crippen molar-refractivity contribution in [1.29, 1.82) is 5.41 Å². The van der Waals surface area contributed by atoms with Crippen LogP contribution in [0.25, 0.3) is 0 Å². The molecule has 140 valence electrons. The Morgan fingerprint density at radius 1 is 1.24 bits per heavy atom. The highest BCUT2D eigenvalue weighted by Crippen LogP contribution is 2.25. The number of aromatic hydroxyl groups is 1. The van der Waals surface area contributed by atoms with Gasteiger partial charge in [-0.15, -0.1) is 0 Å². The minimum atomic E-state index is -0.333. The molecule has 1 aromatic carbocycles. The van der Waals surface area contributed by atoms with Crippen molar-refractivity contribution in [3.05, 3.63) is 47.4 Å². The number of phenolic OH excluding ortho intramolecular Hbond substituents is 1. The van der Waals surface area contributed by atoms with Gasteiger partial charge in [0, 0.05) is 13.1 Å². The van der Waals surface area contributed by atoms with Crippen LogP contribution in [0.3, 0.4) is 0 Å². The molecule has 25 heavy (non-hydrogen) atoms. The second-order valence-electron chi connectivity index (χ2n) is 4.57. The van der Waals surface area contributed by atoms with Crippen LogP contribution >= 0.6 is 0 Å². The van der Waals surface area contributed by atoms with E-state index < -0.39 is 0 Å². The lowest BCUT2D eigenvalue weighted by molar-refractivity contribution is -0.115. The molecular weight excluding hydrogens is 320 g/mol. The van der Waals surface area contributed by atoms with E-state index in [1.807, 2.05) is 46.8 Å². The number of nitrogens with one attached hydrogen (secondary N) is 1. The summed E-state index contributed by atoms with van der Waals surface area (Å²) in [4.78, 5) is 9.22. The highest BCUT2D eigenvalue weighted by Gasteiger charge is 2.00. The van der Waals surface area contributed by atoms with Crippen LogP contribution in [0.15, 0.2) is 34.7 Å². The van der Waals surface area contributed by atoms with Gasteiger partial charge in [0.25, 0.3) is 0 Å². The lowest BCUT2D eigenvalue weighted by Gasteiger charge is -2.05. The van der Waals surface area contributed by atoms with Crippen LogP contribution in [0.5, 0.6) is 11.5 Å². The van der Waals surface area contributed by atoms with Crippen molar-refractivity contribution in [1.82, 2.24) is 0 Å². The van der Waals surface area contributed by atoms with Crippen molar-refractivity contribution in [3.63, 3.8) is 0 Å². The van der Waals surface area contributed by atoms with Gasteiger partial charge in [-0.05, 0) is 56.7 Å². The van der Waals surface area contributed by atoms with Gasteiger partial charge in [-0.3, -0.25) is 4.79 Å². The Kier molecular flexibility index (Phi) is 14.5. The van der Waals surface area contributed by atoms with E-state index in [1.165, 1.54) is 19.2 Å². The fraction of sp³-hybridized carbons (Fsp3) is 0.368. The molecule has 0 radical (unpaired) electrons. The molecule has 0 fully saturated rings. The Hall–Kier alpha value is -2.76. The summed E-state index contributed by atoms with van der Waals surface area (Å²) in [7, 11) is 0. The summed E-state index contributed by atoms with van der Waals surface area (Å²) in [6, 6.07) is 8.72. The molecule has 0 unspecified atom stereocenters. The summed E-state index contributed by atoms with van der Waals surface area (Å²) >= 11 is 0. The number of benzene rings is 1. The number of phenols is 1. The number of furan rings is 1. The normalized spacial score (nSPS) is 8.40. The van der Waals surface area contributed by atoms with Crippen LogP contribution in [0.4, 0.5) is 0 Å². The summed E-state index contributed by atoms with van der Waals surface area (Å²) in [6.45, 7) is 11.5. The molecule has 0 spiro atoms. The van der Waals surface area contributed by atoms with Crippen molar-refractivity contribution < 1.29 is 19.1 Å². The van der Waals surface area contributed by atoms with Crippen molar-refractivity contribution in [2.75, 3.05) is 6.61 Å². The number of nitrogens with two attached hydrogens (primary N) is 1. The van der Waals surface area contributed by atoms with Crippen molar-refractivity contribution >= 4 is 12.1 Å². The third-order valence-electron chi connectivity index (χ3n) is 2.33. The monoisotopic (exact) mass is 350 g/mol. The summed E-state index contributed by atoms with van der Waals surface area (Å²) < 4.78 is 10.2. The van der Waals surface area contributed by atoms with Gasteiger partial charge in [0.1, 0.15) is 11.5 Å². The van der Waals surface area contributed by atoms with Gasteiger partial charge >= 0.3 is 0 Å². The third kappa shape index (κ3) is 13.4. The number of hydrogen-bond acceptors (Lipinski definition) is 5. The summed E-state index contributed by atoms with van der Waals surface area (Å²) in [5.41, 5.74) is 5.19. The topological polar surface area (TPSA) is 110 Å². The molecule has 0 saturated carbocycles. The largest absolute Gasteiger partial charge is 0.504 e. The Labute approximate surface area is 150 Å². The summed E-state index contributed by atoms with van der Waals surface area (Å²) in [6.07, 6.45) is 1.21. The minimum absolute atomic E-state index is 0.113. The Morgan fingerprint density at radius 3 is 2.04 bits per heavy atom. The average molecular weight is 350 g/mol. The molecule has 0 aliphatic heterocycles. The molecule has 2 rings (SSSR count). The first-order chi connectivity index (χ1) is 11.8. The SMILES string of the molecule is CC.CC(N)=O.CCOc1cc(C=N)ccc1O.Cc1ccc(C)o1. The highest BCUT2D eigenvalue weighted by molar-refractivity contribution is 5.78. The van der Waals surface area contributed by atoms with Crippen molar-refractivity contribution in [2.45, 2.75) is 41.5 Å². The molecule has 0 atom stereocenters. The quantitative estimate of drug-likeness (QED) is 0.720. The standard InChI is InChI=1S/C9H11NO2.C6H8O.C2H5NO.C2H6/c1-2-12-9-5-7(6-10)3-4-8(9)11;1-5-3-4-6(2)7-5;1-2(3)4;1-2/h3-6,10-11H,2H2,1H3;3-4H,1-2H3;1H3,(H2,3,4);1-2H3. The van der Waals surface area contributed by atoms with E-state index >= 15 is 0 Å². The van der Waals surface area contributed by atoms with Crippen LogP contribution in [-0.4, -0.2) is 23.8 Å². The number of primary amides is 1. The number of carbonyl (C=O) groups is 1. The second kappa shape index (κ2) is 14.8. The van der Waals surface area contributed by atoms with Gasteiger partial charge < -0.3 is 25.4 Å². The number of carbonyl (C=O) groups excluding carboxylic acids is 1. The fourth-order valence-electron chi connectivity index (χ4n) is 1.45. The van der Waals surface area contributed by atoms with E-state index in [2.05, 4.69) is 5.73 Å². The van der Waals surface area contributed by atoms with E-state index in [9.17, 15) is 9.90 Å². The second-order valence-corrected chi connectivity index (χ2v) is 4.57. The maximum absolute atomic E-state index is 9.26. The number of aryl methyl sites for hydroxylation is 2. The first kappa shape index (κ1) is 24.5. The van der Waals surface area contributed by atoms with Gasteiger partial charge in [-0.1, -0.05) is 13.8 Å². The minimum Gasteiger partial charge on any atom is -0.504 e. The molecule has 1 amide bonds. The average Bonchev–Trinajstić information content (AvgIpc) is 2.95. The van der Waals surface area contributed by atoms with Gasteiger partial charge in [0.2, 0.25) is 5.91 Å². The van der Waals surface area contributed by atoms with E-state index in [-0.39, 0.29) is 11.7 Å². The predicted molar refractivity (Wildman–Crippen MR) is 102 cm³/mol. The first-order valence-corrected chi connectivity index (χ1v) is 8.05. The van der Waals surface area contributed by atoms with Gasteiger partial charge in [-0.2, -0.15) is 0 Å². The number of amides is 1. The zero-order valence-corrected chi connectivity index (χ0v) is 15.9. The fourth-order valence-corrected chi connectivity index (χ4v) is 1.45. The van der Waals surface area contributed by atoms with Gasteiger partial charge in [0.15, 0.2) is 11.5 Å². The highest BCUT2D eigenvalue weighted by atomic mass is 16.5. The zero-order chi connectivity index (χ0) is 19.8. The summed E-state index contributed by atoms with van der Waals surface area (Å²) in [5.74, 6) is 2.18. The first-order valence-electron chi connectivity index (χ1n) is 8.05. The van der Waals surface area contributed by atoms with E-state index in [0.717, 1.165) is 17.1 Å². The zero-order valence-electron chi connectivity index (χ0n) is 15.9. The van der Waals surface area contributed by atoms with Crippen LogP contribution in [0.1, 0.15) is 44.8 Å². The molecule has 2 aromatic rings.